The summed E-state index contributed by atoms with van der Waals surface area (Å²) in [5, 5.41) is 2.16. The number of hydrogen-bond acceptors (Lipinski definition) is 4. The van der Waals surface area contributed by atoms with Gasteiger partial charge in [-0.2, -0.15) is 0 Å². The van der Waals surface area contributed by atoms with E-state index in [2.05, 4.69) is 10.1 Å². The number of primary amides is 1. The minimum atomic E-state index is -0.727. The molecule has 0 atom stereocenters. The summed E-state index contributed by atoms with van der Waals surface area (Å²) >= 11 is 0. The molecule has 3 N–H and O–H groups in total. The molecule has 6 nitrogen and oxygen atoms in total. The standard InChI is InChI=1S/C6H10N2O4/c1-4(9)12-3-8-6(11)2-5(7)10/h2-3H2,1H3,(H2,7,10)(H,8,11). The predicted molar refractivity (Wildman–Crippen MR) is 38.6 cm³/mol. The van der Waals surface area contributed by atoms with E-state index < -0.39 is 24.2 Å². The van der Waals surface area contributed by atoms with Gasteiger partial charge in [0.25, 0.3) is 0 Å². The predicted octanol–water partition coefficient (Wildman–Crippen LogP) is -1.50. The van der Waals surface area contributed by atoms with Crippen LogP contribution < -0.4 is 11.1 Å². The summed E-state index contributed by atoms with van der Waals surface area (Å²) in [5.41, 5.74) is 4.72. The average molecular weight is 174 g/mol. The van der Waals surface area contributed by atoms with Crippen molar-refractivity contribution in [1.82, 2.24) is 5.32 Å². The van der Waals surface area contributed by atoms with Crippen molar-refractivity contribution in [2.75, 3.05) is 6.73 Å². The number of carbonyl (C=O) groups excluding carboxylic acids is 3. The normalized spacial score (nSPS) is 8.75. The number of esters is 1. The highest BCUT2D eigenvalue weighted by molar-refractivity contribution is 5.95. The number of nitrogens with two attached hydrogens (primary N) is 1. The lowest BCUT2D eigenvalue weighted by atomic mass is 10.4. The number of amides is 2. The van der Waals surface area contributed by atoms with E-state index in [1.54, 1.807) is 0 Å². The van der Waals surface area contributed by atoms with E-state index in [0.29, 0.717) is 0 Å². The summed E-state index contributed by atoms with van der Waals surface area (Å²) in [6.07, 6.45) is -0.402. The summed E-state index contributed by atoms with van der Waals surface area (Å²) in [4.78, 5) is 31.0. The number of ether oxygens (including phenoxy) is 1. The van der Waals surface area contributed by atoms with Crippen LogP contribution in [-0.2, 0) is 19.1 Å². The third-order valence-corrected chi connectivity index (χ3v) is 0.880. The van der Waals surface area contributed by atoms with Crippen molar-refractivity contribution >= 4 is 17.8 Å². The van der Waals surface area contributed by atoms with Crippen molar-refractivity contribution in [3.63, 3.8) is 0 Å². The van der Waals surface area contributed by atoms with E-state index in [1.807, 2.05) is 0 Å². The van der Waals surface area contributed by atoms with Crippen LogP contribution in [0.3, 0.4) is 0 Å². The molecule has 0 saturated heterocycles. The van der Waals surface area contributed by atoms with Gasteiger partial charge in [0.1, 0.15) is 6.42 Å². The first-order valence-corrected chi connectivity index (χ1v) is 3.20. The Kier molecular flexibility index (Phi) is 4.43. The first-order chi connectivity index (χ1) is 5.52. The minimum Gasteiger partial charge on any atom is -0.445 e. The van der Waals surface area contributed by atoms with E-state index in [-0.39, 0.29) is 6.73 Å². The van der Waals surface area contributed by atoms with Gasteiger partial charge in [0.15, 0.2) is 6.73 Å². The molecule has 0 aromatic rings. The zero-order valence-corrected chi connectivity index (χ0v) is 6.62. The maximum Gasteiger partial charge on any atom is 0.304 e. The molecule has 0 aliphatic carbocycles. The van der Waals surface area contributed by atoms with Crippen molar-refractivity contribution in [2.24, 2.45) is 5.73 Å². The SMILES string of the molecule is CC(=O)OCNC(=O)CC(N)=O. The van der Waals surface area contributed by atoms with Gasteiger partial charge in [-0.05, 0) is 0 Å². The summed E-state index contributed by atoms with van der Waals surface area (Å²) < 4.78 is 4.37. The highest BCUT2D eigenvalue weighted by atomic mass is 16.5. The fraction of sp³-hybridized carbons (Fsp3) is 0.500. The molecule has 0 saturated carbocycles. The molecular formula is C6H10N2O4. The molecule has 0 rings (SSSR count). The molecule has 0 aromatic heterocycles. The molecule has 0 bridgehead atoms. The second-order valence-corrected chi connectivity index (χ2v) is 2.02. The molecular weight excluding hydrogens is 164 g/mol. The second kappa shape index (κ2) is 5.11. The largest absolute Gasteiger partial charge is 0.445 e. The molecule has 0 radical (unpaired) electrons. The number of hydrogen-bond donors (Lipinski definition) is 2. The second-order valence-electron chi connectivity index (χ2n) is 2.02. The fourth-order valence-electron chi connectivity index (χ4n) is 0.439. The van der Waals surface area contributed by atoms with Crippen molar-refractivity contribution in [3.05, 3.63) is 0 Å². The first-order valence-electron chi connectivity index (χ1n) is 3.20. The molecule has 0 aromatic carbocycles. The van der Waals surface area contributed by atoms with Gasteiger partial charge in [0.05, 0.1) is 0 Å². The number of carbonyl (C=O) groups is 3. The third-order valence-electron chi connectivity index (χ3n) is 0.880. The highest BCUT2D eigenvalue weighted by Gasteiger charge is 2.04. The van der Waals surface area contributed by atoms with E-state index in [4.69, 9.17) is 5.73 Å². The Morgan fingerprint density at radius 1 is 1.42 bits per heavy atom. The Balaban J connectivity index is 3.44. The van der Waals surface area contributed by atoms with Gasteiger partial charge >= 0.3 is 5.97 Å². The smallest absolute Gasteiger partial charge is 0.304 e. The topological polar surface area (TPSA) is 98.5 Å². The lowest BCUT2D eigenvalue weighted by Gasteiger charge is -2.02. The zero-order chi connectivity index (χ0) is 9.56. The molecule has 0 heterocycles. The molecule has 68 valence electrons. The lowest BCUT2D eigenvalue weighted by molar-refractivity contribution is -0.142. The summed E-state index contributed by atoms with van der Waals surface area (Å²) in [6.45, 7) is 0.974. The molecule has 12 heavy (non-hydrogen) atoms. The Bertz CT molecular complexity index is 202. The molecule has 6 heteroatoms. The zero-order valence-electron chi connectivity index (χ0n) is 6.62. The van der Waals surface area contributed by atoms with Crippen LogP contribution in [0.1, 0.15) is 13.3 Å². The minimum absolute atomic E-state index is 0.235. The van der Waals surface area contributed by atoms with Gasteiger partial charge in [0.2, 0.25) is 11.8 Å². The Labute approximate surface area is 69.1 Å². The van der Waals surface area contributed by atoms with Gasteiger partial charge in [-0.1, -0.05) is 0 Å². The number of nitrogens with one attached hydrogen (secondary N) is 1. The molecule has 0 aliphatic heterocycles. The highest BCUT2D eigenvalue weighted by Crippen LogP contribution is 1.77. The fourth-order valence-corrected chi connectivity index (χ4v) is 0.439. The monoisotopic (exact) mass is 174 g/mol. The van der Waals surface area contributed by atoms with Crippen LogP contribution in [0, 0.1) is 0 Å². The molecule has 0 unspecified atom stereocenters. The van der Waals surface area contributed by atoms with E-state index in [1.165, 1.54) is 6.92 Å². The Morgan fingerprint density at radius 2 is 2.00 bits per heavy atom. The van der Waals surface area contributed by atoms with Crippen LogP contribution in [0.2, 0.25) is 0 Å². The molecule has 0 spiro atoms. The average Bonchev–Trinajstić information content (AvgIpc) is 1.84. The van der Waals surface area contributed by atoms with Gasteiger partial charge < -0.3 is 15.8 Å². The lowest BCUT2D eigenvalue weighted by Crippen LogP contribution is -2.30. The van der Waals surface area contributed by atoms with E-state index in [9.17, 15) is 14.4 Å². The molecule has 0 aliphatic rings. The van der Waals surface area contributed by atoms with Crippen LogP contribution in [0.4, 0.5) is 0 Å². The van der Waals surface area contributed by atoms with Gasteiger partial charge in [-0.15, -0.1) is 0 Å². The third kappa shape index (κ3) is 6.53. The van der Waals surface area contributed by atoms with Crippen LogP contribution in [0.5, 0.6) is 0 Å². The molecule has 0 fully saturated rings. The maximum absolute atomic E-state index is 10.6. The van der Waals surface area contributed by atoms with Crippen LogP contribution in [-0.4, -0.2) is 24.5 Å². The Morgan fingerprint density at radius 3 is 2.42 bits per heavy atom. The van der Waals surface area contributed by atoms with Crippen molar-refractivity contribution < 1.29 is 19.1 Å². The quantitative estimate of drug-likeness (QED) is 0.308. The molecule has 2 amide bonds. The van der Waals surface area contributed by atoms with Crippen molar-refractivity contribution in [1.29, 1.82) is 0 Å². The van der Waals surface area contributed by atoms with Crippen LogP contribution >= 0.6 is 0 Å². The Hall–Kier alpha value is -1.59. The van der Waals surface area contributed by atoms with Crippen molar-refractivity contribution in [2.45, 2.75) is 13.3 Å². The van der Waals surface area contributed by atoms with E-state index in [0.717, 1.165) is 0 Å². The maximum atomic E-state index is 10.6. The number of rotatable bonds is 4. The summed E-state index contributed by atoms with van der Waals surface area (Å²) in [5.74, 6) is -1.80. The van der Waals surface area contributed by atoms with Gasteiger partial charge in [0, 0.05) is 6.92 Å². The first kappa shape index (κ1) is 10.4. The van der Waals surface area contributed by atoms with E-state index >= 15 is 0 Å². The van der Waals surface area contributed by atoms with Crippen molar-refractivity contribution in [3.8, 4) is 0 Å². The summed E-state index contributed by atoms with van der Waals surface area (Å²) in [6, 6.07) is 0. The van der Waals surface area contributed by atoms with Gasteiger partial charge in [-0.3, -0.25) is 14.4 Å². The summed E-state index contributed by atoms with van der Waals surface area (Å²) in [7, 11) is 0. The van der Waals surface area contributed by atoms with Gasteiger partial charge in [-0.25, -0.2) is 0 Å². The van der Waals surface area contributed by atoms with Crippen LogP contribution in [0.25, 0.3) is 0 Å². The van der Waals surface area contributed by atoms with Crippen LogP contribution in [0.15, 0.2) is 0 Å².